The second-order valence-corrected chi connectivity index (χ2v) is 8.29. The van der Waals surface area contributed by atoms with E-state index >= 15 is 0 Å². The molecule has 5 rings (SSSR count). The highest BCUT2D eigenvalue weighted by atomic mass is 19.4. The normalized spacial score (nSPS) is 25.5. The van der Waals surface area contributed by atoms with Gasteiger partial charge in [-0.15, -0.1) is 0 Å². The fraction of sp³-hybridized carbons (Fsp3) is 0.632. The number of hydrogen-bond donors (Lipinski definition) is 0. The van der Waals surface area contributed by atoms with E-state index in [-0.39, 0.29) is 42.6 Å². The first-order valence-electron chi connectivity index (χ1n) is 10.4. The summed E-state index contributed by atoms with van der Waals surface area (Å²) in [5.41, 5.74) is -0.580. The second-order valence-electron chi connectivity index (χ2n) is 8.29. The molecule has 2 fully saturated rings. The number of fused-ring (bicyclic) bond motifs is 3. The topological polar surface area (TPSA) is 68.4 Å². The monoisotopic (exact) mass is 460 g/mol. The predicted molar refractivity (Wildman–Crippen MR) is 103 cm³/mol. The summed E-state index contributed by atoms with van der Waals surface area (Å²) in [7, 11) is 0. The van der Waals surface area contributed by atoms with Crippen molar-refractivity contribution in [3.8, 4) is 0 Å². The molecule has 3 atom stereocenters. The maximum atomic E-state index is 13.9. The number of aromatic nitrogens is 4. The Kier molecular flexibility index (Phi) is 5.10. The first-order chi connectivity index (χ1) is 15.2. The van der Waals surface area contributed by atoms with Crippen molar-refractivity contribution in [2.45, 2.75) is 63.3 Å². The van der Waals surface area contributed by atoms with Crippen molar-refractivity contribution >= 4 is 11.8 Å². The molecule has 0 saturated carbocycles. The minimum absolute atomic E-state index is 0.00578. The minimum atomic E-state index is -4.63. The lowest BCUT2D eigenvalue weighted by atomic mass is 10.1. The zero-order valence-electron chi connectivity index (χ0n) is 16.9. The number of rotatable bonds is 4. The van der Waals surface area contributed by atoms with Gasteiger partial charge in [-0.25, -0.2) is 4.68 Å². The van der Waals surface area contributed by atoms with Gasteiger partial charge in [-0.2, -0.15) is 32.0 Å². The van der Waals surface area contributed by atoms with Gasteiger partial charge in [-0.1, -0.05) is 0 Å². The summed E-state index contributed by atoms with van der Waals surface area (Å²) in [6, 6.07) is 0.593. The molecule has 0 aliphatic carbocycles. The van der Waals surface area contributed by atoms with Crippen LogP contribution < -0.4 is 15.4 Å². The lowest BCUT2D eigenvalue weighted by Crippen LogP contribution is -2.52. The van der Waals surface area contributed by atoms with Crippen molar-refractivity contribution in [1.82, 2.24) is 19.3 Å². The van der Waals surface area contributed by atoms with Crippen LogP contribution in [0.5, 0.6) is 0 Å². The molecule has 5 heterocycles. The molecule has 0 radical (unpaired) electrons. The summed E-state index contributed by atoms with van der Waals surface area (Å²) in [5.74, 6) is 0.0959. The van der Waals surface area contributed by atoms with E-state index in [2.05, 4.69) is 10.1 Å². The molecule has 8 nitrogen and oxygen atoms in total. The van der Waals surface area contributed by atoms with Gasteiger partial charge >= 0.3 is 12.7 Å². The number of halogens is 5. The highest BCUT2D eigenvalue weighted by Crippen LogP contribution is 2.36. The highest BCUT2D eigenvalue weighted by Gasteiger charge is 2.47. The van der Waals surface area contributed by atoms with Crippen LogP contribution in [0, 0.1) is 0 Å². The Hall–Kier alpha value is -2.70. The van der Waals surface area contributed by atoms with Crippen LogP contribution in [0.4, 0.5) is 33.7 Å². The van der Waals surface area contributed by atoms with Gasteiger partial charge in [0, 0.05) is 31.9 Å². The van der Waals surface area contributed by atoms with Gasteiger partial charge in [0.15, 0.2) is 0 Å². The molecule has 0 aromatic carbocycles. The van der Waals surface area contributed by atoms with Crippen LogP contribution in [-0.2, 0) is 17.8 Å². The van der Waals surface area contributed by atoms with Crippen molar-refractivity contribution in [2.75, 3.05) is 22.9 Å². The number of anilines is 2. The molecular weight excluding hydrogens is 439 g/mol. The Labute approximate surface area is 179 Å². The van der Waals surface area contributed by atoms with E-state index in [0.29, 0.717) is 17.8 Å². The Bertz CT molecular complexity index is 1040. The third kappa shape index (κ3) is 3.71. The first-order valence-corrected chi connectivity index (χ1v) is 10.4. The molecule has 2 unspecified atom stereocenters. The zero-order chi connectivity index (χ0) is 22.6. The lowest BCUT2D eigenvalue weighted by Gasteiger charge is -2.40. The summed E-state index contributed by atoms with van der Waals surface area (Å²) >= 11 is 0. The van der Waals surface area contributed by atoms with E-state index in [0.717, 1.165) is 23.9 Å². The summed E-state index contributed by atoms with van der Waals surface area (Å²) < 4.78 is 75.5. The fourth-order valence-electron chi connectivity index (χ4n) is 4.76. The van der Waals surface area contributed by atoms with Crippen molar-refractivity contribution in [3.05, 3.63) is 34.4 Å². The van der Waals surface area contributed by atoms with Gasteiger partial charge in [-0.05, 0) is 25.3 Å². The molecule has 2 aromatic heterocycles. The van der Waals surface area contributed by atoms with Gasteiger partial charge in [0.25, 0.3) is 5.56 Å². The summed E-state index contributed by atoms with van der Waals surface area (Å²) in [6.07, 6.45) is -2.17. The van der Waals surface area contributed by atoms with E-state index in [4.69, 9.17) is 4.74 Å². The molecule has 13 heteroatoms. The Morgan fingerprint density at radius 2 is 1.88 bits per heavy atom. The average molecular weight is 460 g/mol. The second kappa shape index (κ2) is 7.71. The molecule has 32 heavy (non-hydrogen) atoms. The molecule has 2 saturated heterocycles. The minimum Gasteiger partial charge on any atom is -0.371 e. The first kappa shape index (κ1) is 21.2. The maximum Gasteiger partial charge on any atom is 0.408 e. The Balaban J connectivity index is 1.56. The van der Waals surface area contributed by atoms with Crippen LogP contribution in [0.15, 0.2) is 23.1 Å². The summed E-state index contributed by atoms with van der Waals surface area (Å²) in [4.78, 5) is 20.0. The molecule has 3 aliphatic rings. The number of morpholine rings is 1. The van der Waals surface area contributed by atoms with Crippen molar-refractivity contribution in [2.24, 2.45) is 0 Å². The Morgan fingerprint density at radius 1 is 1.16 bits per heavy atom. The highest BCUT2D eigenvalue weighted by molar-refractivity contribution is 5.47. The van der Waals surface area contributed by atoms with Gasteiger partial charge < -0.3 is 14.5 Å². The van der Waals surface area contributed by atoms with Gasteiger partial charge in [-0.3, -0.25) is 9.36 Å². The molecule has 174 valence electrons. The van der Waals surface area contributed by atoms with Gasteiger partial charge in [0.2, 0.25) is 5.95 Å². The zero-order valence-corrected chi connectivity index (χ0v) is 16.9. The largest absolute Gasteiger partial charge is 0.408 e. The van der Waals surface area contributed by atoms with E-state index in [1.807, 2.05) is 4.90 Å². The molecular formula is C19H21F5N6O2. The van der Waals surface area contributed by atoms with E-state index in [9.17, 15) is 26.7 Å². The standard InChI is InChI=1S/C19H21F5N6O2/c20-17(21)30-11(3-5-25-30)8-29-14(19(22,23)24)4-6-28-16(31)7-15(26-18(28)29)27-9-12-1-2-13(10-27)32-12/h3,5,7,12-14,17H,1-2,4,6,8-10H2/t12-,13?,14?/m0/s1. The van der Waals surface area contributed by atoms with E-state index in [1.165, 1.54) is 16.7 Å². The van der Waals surface area contributed by atoms with Crippen LogP contribution in [0.1, 0.15) is 31.5 Å². The number of alkyl halides is 5. The van der Waals surface area contributed by atoms with Crippen LogP contribution in [0.25, 0.3) is 0 Å². The maximum absolute atomic E-state index is 13.9. The van der Waals surface area contributed by atoms with E-state index < -0.39 is 30.9 Å². The van der Waals surface area contributed by atoms with Crippen molar-refractivity contribution in [3.63, 3.8) is 0 Å². The van der Waals surface area contributed by atoms with Crippen molar-refractivity contribution in [1.29, 1.82) is 0 Å². The Morgan fingerprint density at radius 3 is 2.53 bits per heavy atom. The third-order valence-electron chi connectivity index (χ3n) is 6.25. The fourth-order valence-corrected chi connectivity index (χ4v) is 4.76. The van der Waals surface area contributed by atoms with Gasteiger partial charge in [0.05, 0.1) is 24.4 Å². The molecule has 0 N–H and O–H groups in total. The molecule has 2 aromatic rings. The lowest BCUT2D eigenvalue weighted by molar-refractivity contribution is -0.153. The molecule has 0 amide bonds. The predicted octanol–water partition coefficient (Wildman–Crippen LogP) is 2.54. The van der Waals surface area contributed by atoms with Crippen LogP contribution in [0.3, 0.4) is 0 Å². The van der Waals surface area contributed by atoms with Crippen molar-refractivity contribution < 1.29 is 26.7 Å². The summed E-state index contributed by atoms with van der Waals surface area (Å²) in [6.45, 7) is -2.69. The SMILES string of the molecule is O=c1cc(N2CC3CC[C@@H](C2)O3)nc2n1CCC(C(F)(F)F)N2Cc1ccnn1C(F)F. The van der Waals surface area contributed by atoms with Gasteiger partial charge in [0.1, 0.15) is 11.9 Å². The number of hydrogen-bond acceptors (Lipinski definition) is 6. The number of ether oxygens (including phenoxy) is 1. The number of nitrogens with zero attached hydrogens (tertiary/aromatic N) is 6. The molecule has 0 spiro atoms. The molecule has 3 aliphatic heterocycles. The summed E-state index contributed by atoms with van der Waals surface area (Å²) in [5, 5.41) is 3.50. The van der Waals surface area contributed by atoms with Crippen LogP contribution in [-0.4, -0.2) is 56.8 Å². The molecule has 2 bridgehead atoms. The van der Waals surface area contributed by atoms with Crippen LogP contribution in [0.2, 0.25) is 0 Å². The average Bonchev–Trinajstić information content (AvgIpc) is 3.33. The quantitative estimate of drug-likeness (QED) is 0.654. The van der Waals surface area contributed by atoms with Crippen LogP contribution >= 0.6 is 0 Å². The van der Waals surface area contributed by atoms with E-state index in [1.54, 1.807) is 0 Å². The third-order valence-corrected chi connectivity index (χ3v) is 6.25. The smallest absolute Gasteiger partial charge is 0.371 e.